The van der Waals surface area contributed by atoms with E-state index in [-0.39, 0.29) is 0 Å². The normalized spacial score (nSPS) is 10.8. The van der Waals surface area contributed by atoms with Gasteiger partial charge in [-0.2, -0.15) is 0 Å². The van der Waals surface area contributed by atoms with Crippen LogP contribution in [0.5, 0.6) is 11.5 Å². The standard InChI is InChI=1S/C15H13ClN2O2/c1-19-12-5-3-9(8-13(12)20-2)11-7-10-4-6-14(16)18-15(10)17-11/h3-8H,1-2H3,(H,17,18). The van der Waals surface area contributed by atoms with Crippen molar-refractivity contribution in [1.82, 2.24) is 9.97 Å². The van der Waals surface area contributed by atoms with Crippen LogP contribution in [0.3, 0.4) is 0 Å². The number of rotatable bonds is 3. The van der Waals surface area contributed by atoms with Crippen LogP contribution in [0.4, 0.5) is 0 Å². The van der Waals surface area contributed by atoms with E-state index < -0.39 is 0 Å². The number of fused-ring (bicyclic) bond motifs is 1. The summed E-state index contributed by atoms with van der Waals surface area (Å²) in [5.41, 5.74) is 2.72. The SMILES string of the molecule is COc1ccc(-c2cc3ccc(Cl)nc3[nH]2)cc1OC. The Hall–Kier alpha value is -2.20. The van der Waals surface area contributed by atoms with Gasteiger partial charge in [-0.15, -0.1) is 0 Å². The summed E-state index contributed by atoms with van der Waals surface area (Å²) in [6, 6.07) is 11.5. The van der Waals surface area contributed by atoms with E-state index in [9.17, 15) is 0 Å². The van der Waals surface area contributed by atoms with E-state index in [1.807, 2.05) is 30.3 Å². The fourth-order valence-corrected chi connectivity index (χ4v) is 2.29. The molecule has 0 bridgehead atoms. The maximum Gasteiger partial charge on any atom is 0.161 e. The van der Waals surface area contributed by atoms with Crippen molar-refractivity contribution in [3.8, 4) is 22.8 Å². The van der Waals surface area contributed by atoms with Crippen molar-refractivity contribution < 1.29 is 9.47 Å². The third kappa shape index (κ3) is 2.18. The van der Waals surface area contributed by atoms with E-state index in [2.05, 4.69) is 9.97 Å². The molecule has 0 spiro atoms. The Morgan fingerprint density at radius 3 is 2.55 bits per heavy atom. The number of ether oxygens (including phenoxy) is 2. The van der Waals surface area contributed by atoms with Gasteiger partial charge in [0.2, 0.25) is 0 Å². The number of hydrogen-bond acceptors (Lipinski definition) is 3. The number of hydrogen-bond donors (Lipinski definition) is 1. The molecule has 102 valence electrons. The average Bonchev–Trinajstić information content (AvgIpc) is 2.89. The van der Waals surface area contributed by atoms with E-state index in [0.717, 1.165) is 22.3 Å². The summed E-state index contributed by atoms with van der Waals surface area (Å²) in [6.45, 7) is 0. The van der Waals surface area contributed by atoms with Crippen LogP contribution < -0.4 is 9.47 Å². The Balaban J connectivity index is 2.10. The minimum absolute atomic E-state index is 0.471. The largest absolute Gasteiger partial charge is 0.493 e. The molecule has 3 aromatic rings. The van der Waals surface area contributed by atoms with Gasteiger partial charge in [0.15, 0.2) is 11.5 Å². The van der Waals surface area contributed by atoms with Crippen LogP contribution in [0.25, 0.3) is 22.3 Å². The van der Waals surface area contributed by atoms with Crippen LogP contribution >= 0.6 is 11.6 Å². The van der Waals surface area contributed by atoms with Crippen LogP contribution in [-0.4, -0.2) is 24.2 Å². The van der Waals surface area contributed by atoms with Crippen LogP contribution in [0.2, 0.25) is 5.15 Å². The van der Waals surface area contributed by atoms with Gasteiger partial charge in [0.25, 0.3) is 0 Å². The molecule has 0 atom stereocenters. The lowest BCUT2D eigenvalue weighted by Gasteiger charge is -2.08. The van der Waals surface area contributed by atoms with Gasteiger partial charge in [0, 0.05) is 16.6 Å². The highest BCUT2D eigenvalue weighted by molar-refractivity contribution is 6.29. The second-order valence-corrected chi connectivity index (χ2v) is 4.71. The Kier molecular flexibility index (Phi) is 3.24. The fourth-order valence-electron chi connectivity index (χ4n) is 2.14. The lowest BCUT2D eigenvalue weighted by molar-refractivity contribution is 0.355. The van der Waals surface area contributed by atoms with Gasteiger partial charge >= 0.3 is 0 Å². The van der Waals surface area contributed by atoms with E-state index in [0.29, 0.717) is 16.7 Å². The number of aromatic amines is 1. The van der Waals surface area contributed by atoms with Crippen LogP contribution in [0.15, 0.2) is 36.4 Å². The van der Waals surface area contributed by atoms with Crippen molar-refractivity contribution in [1.29, 1.82) is 0 Å². The molecule has 5 heteroatoms. The van der Waals surface area contributed by atoms with Crippen molar-refractivity contribution in [2.24, 2.45) is 0 Å². The zero-order valence-electron chi connectivity index (χ0n) is 11.1. The van der Waals surface area contributed by atoms with E-state index in [1.54, 1.807) is 20.3 Å². The molecule has 3 rings (SSSR count). The molecule has 0 fully saturated rings. The quantitative estimate of drug-likeness (QED) is 0.744. The van der Waals surface area contributed by atoms with Gasteiger partial charge in [-0.25, -0.2) is 4.98 Å². The third-order valence-corrected chi connectivity index (χ3v) is 3.35. The number of methoxy groups -OCH3 is 2. The van der Waals surface area contributed by atoms with Crippen molar-refractivity contribution in [3.63, 3.8) is 0 Å². The first kappa shape index (κ1) is 12.8. The fraction of sp³-hybridized carbons (Fsp3) is 0.133. The minimum atomic E-state index is 0.471. The van der Waals surface area contributed by atoms with Gasteiger partial charge in [0.05, 0.1) is 14.2 Å². The highest BCUT2D eigenvalue weighted by atomic mass is 35.5. The first-order valence-corrected chi connectivity index (χ1v) is 6.46. The van der Waals surface area contributed by atoms with Gasteiger partial charge in [-0.1, -0.05) is 11.6 Å². The van der Waals surface area contributed by atoms with E-state index >= 15 is 0 Å². The summed E-state index contributed by atoms with van der Waals surface area (Å²) in [5, 5.41) is 1.48. The molecule has 0 aliphatic heterocycles. The lowest BCUT2D eigenvalue weighted by atomic mass is 10.1. The highest BCUT2D eigenvalue weighted by Gasteiger charge is 2.09. The smallest absolute Gasteiger partial charge is 0.161 e. The zero-order valence-corrected chi connectivity index (χ0v) is 11.9. The molecule has 2 aromatic heterocycles. The maximum absolute atomic E-state index is 5.89. The highest BCUT2D eigenvalue weighted by Crippen LogP contribution is 2.33. The molecule has 1 N–H and O–H groups in total. The van der Waals surface area contributed by atoms with Crippen LogP contribution in [0, 0.1) is 0 Å². The Labute approximate surface area is 121 Å². The minimum Gasteiger partial charge on any atom is -0.493 e. The van der Waals surface area contributed by atoms with Crippen LogP contribution in [0.1, 0.15) is 0 Å². The summed E-state index contributed by atoms with van der Waals surface area (Å²) in [4.78, 5) is 7.50. The van der Waals surface area contributed by atoms with Crippen molar-refractivity contribution in [3.05, 3.63) is 41.6 Å². The second-order valence-electron chi connectivity index (χ2n) is 4.32. The zero-order chi connectivity index (χ0) is 14.1. The topological polar surface area (TPSA) is 47.1 Å². The molecule has 2 heterocycles. The van der Waals surface area contributed by atoms with Crippen LogP contribution in [-0.2, 0) is 0 Å². The molecule has 20 heavy (non-hydrogen) atoms. The molecule has 0 amide bonds. The number of halogens is 1. The van der Waals surface area contributed by atoms with Crippen molar-refractivity contribution in [2.45, 2.75) is 0 Å². The third-order valence-electron chi connectivity index (χ3n) is 3.14. The molecule has 0 saturated carbocycles. The monoisotopic (exact) mass is 288 g/mol. The predicted octanol–water partition coefficient (Wildman–Crippen LogP) is 3.90. The average molecular weight is 289 g/mol. The number of aromatic nitrogens is 2. The summed E-state index contributed by atoms with van der Waals surface area (Å²) >= 11 is 5.89. The number of pyridine rings is 1. The maximum atomic E-state index is 5.89. The Morgan fingerprint density at radius 2 is 1.80 bits per heavy atom. The summed E-state index contributed by atoms with van der Waals surface area (Å²) in [6.07, 6.45) is 0. The summed E-state index contributed by atoms with van der Waals surface area (Å²) in [5.74, 6) is 1.39. The molecule has 4 nitrogen and oxygen atoms in total. The van der Waals surface area contributed by atoms with Gasteiger partial charge < -0.3 is 14.5 Å². The number of H-pyrrole nitrogens is 1. The lowest BCUT2D eigenvalue weighted by Crippen LogP contribution is -1.90. The van der Waals surface area contributed by atoms with Gasteiger partial charge in [-0.3, -0.25) is 0 Å². The number of nitrogens with one attached hydrogen (secondary N) is 1. The van der Waals surface area contributed by atoms with Crippen molar-refractivity contribution in [2.75, 3.05) is 14.2 Å². The molecule has 0 aliphatic rings. The molecule has 1 aromatic carbocycles. The van der Waals surface area contributed by atoms with E-state index in [1.165, 1.54) is 0 Å². The van der Waals surface area contributed by atoms with Gasteiger partial charge in [0.1, 0.15) is 10.8 Å². The first-order chi connectivity index (χ1) is 9.71. The molecule has 0 radical (unpaired) electrons. The summed E-state index contributed by atoms with van der Waals surface area (Å²) < 4.78 is 10.6. The molecule has 0 saturated heterocycles. The molecular weight excluding hydrogens is 276 g/mol. The molecule has 0 unspecified atom stereocenters. The first-order valence-electron chi connectivity index (χ1n) is 6.09. The molecule has 0 aliphatic carbocycles. The van der Waals surface area contributed by atoms with E-state index in [4.69, 9.17) is 21.1 Å². The Morgan fingerprint density at radius 1 is 1.00 bits per heavy atom. The predicted molar refractivity (Wildman–Crippen MR) is 79.6 cm³/mol. The Bertz CT molecular complexity index is 768. The molecular formula is C15H13ClN2O2. The number of nitrogens with zero attached hydrogens (tertiary/aromatic N) is 1. The summed E-state index contributed by atoms with van der Waals surface area (Å²) in [7, 11) is 3.24. The second kappa shape index (κ2) is 5.06. The van der Waals surface area contributed by atoms with Crippen molar-refractivity contribution >= 4 is 22.6 Å². The van der Waals surface area contributed by atoms with Gasteiger partial charge in [-0.05, 0) is 36.4 Å². The number of benzene rings is 1.